The molecule has 0 saturated heterocycles. The van der Waals surface area contributed by atoms with Crippen LogP contribution in [0.25, 0.3) is 11.1 Å². The average molecular weight is 308 g/mol. The van der Waals surface area contributed by atoms with Crippen LogP contribution in [-0.2, 0) is 6.54 Å². The van der Waals surface area contributed by atoms with Crippen LogP contribution < -0.4 is 10.1 Å². The molecule has 1 N–H and O–H groups in total. The summed E-state index contributed by atoms with van der Waals surface area (Å²) in [5.74, 6) is 0.483. The lowest BCUT2D eigenvalue weighted by Crippen LogP contribution is -2.14. The third-order valence-electron chi connectivity index (χ3n) is 3.26. The summed E-state index contributed by atoms with van der Waals surface area (Å²) in [7, 11) is 1.64. The van der Waals surface area contributed by atoms with Gasteiger partial charge in [-0.25, -0.2) is 4.39 Å². The summed E-state index contributed by atoms with van der Waals surface area (Å²) in [5.41, 5.74) is 2.37. The molecule has 0 heterocycles. The molecule has 0 fully saturated rings. The Morgan fingerprint density at radius 1 is 1.19 bits per heavy atom. The van der Waals surface area contributed by atoms with Gasteiger partial charge in [0.15, 0.2) is 0 Å². The Morgan fingerprint density at radius 3 is 2.67 bits per heavy atom. The fraction of sp³-hybridized carbons (Fsp3) is 0.294. The maximum atomic E-state index is 14.0. The van der Waals surface area contributed by atoms with E-state index in [1.54, 1.807) is 19.2 Å². The number of hydrogen-bond donors (Lipinski definition) is 1. The molecule has 2 rings (SSSR count). The molecule has 0 atom stereocenters. The monoisotopic (exact) mass is 307 g/mol. The normalized spacial score (nSPS) is 10.7. The fourth-order valence-corrected chi connectivity index (χ4v) is 2.37. The minimum Gasteiger partial charge on any atom is -0.496 e. The molecular formula is C17H19ClFNO. The summed E-state index contributed by atoms with van der Waals surface area (Å²) in [6, 6.07) is 10.4. The van der Waals surface area contributed by atoms with Crippen LogP contribution in [0.15, 0.2) is 36.4 Å². The molecule has 112 valence electrons. The molecule has 2 nitrogen and oxygen atoms in total. The SMILES string of the molecule is CCCNCc1cc(-c2ccc(Cl)cc2F)ccc1OC. The number of rotatable bonds is 6. The highest BCUT2D eigenvalue weighted by Gasteiger charge is 2.09. The lowest BCUT2D eigenvalue weighted by Gasteiger charge is -2.12. The summed E-state index contributed by atoms with van der Waals surface area (Å²) in [6.07, 6.45) is 1.06. The smallest absolute Gasteiger partial charge is 0.132 e. The first-order valence-electron chi connectivity index (χ1n) is 6.98. The first kappa shape index (κ1) is 15.8. The highest BCUT2D eigenvalue weighted by atomic mass is 35.5. The molecule has 0 unspecified atom stereocenters. The van der Waals surface area contributed by atoms with Gasteiger partial charge in [0, 0.05) is 22.7 Å². The molecule has 0 bridgehead atoms. The number of methoxy groups -OCH3 is 1. The van der Waals surface area contributed by atoms with Crippen molar-refractivity contribution >= 4 is 11.6 Å². The number of ether oxygens (including phenoxy) is 1. The van der Waals surface area contributed by atoms with E-state index in [0.29, 0.717) is 17.1 Å². The first-order valence-corrected chi connectivity index (χ1v) is 7.36. The third kappa shape index (κ3) is 3.96. The number of hydrogen-bond acceptors (Lipinski definition) is 2. The van der Waals surface area contributed by atoms with Crippen molar-refractivity contribution in [2.45, 2.75) is 19.9 Å². The molecule has 0 aliphatic heterocycles. The van der Waals surface area contributed by atoms with Gasteiger partial charge in [-0.05, 0) is 48.9 Å². The molecule has 2 aromatic carbocycles. The second-order valence-electron chi connectivity index (χ2n) is 4.83. The summed E-state index contributed by atoms with van der Waals surface area (Å²) in [4.78, 5) is 0. The topological polar surface area (TPSA) is 21.3 Å². The zero-order valence-corrected chi connectivity index (χ0v) is 13.0. The Hall–Kier alpha value is -1.58. The lowest BCUT2D eigenvalue weighted by molar-refractivity contribution is 0.408. The van der Waals surface area contributed by atoms with Crippen molar-refractivity contribution in [3.8, 4) is 16.9 Å². The summed E-state index contributed by atoms with van der Waals surface area (Å²) in [5, 5.41) is 3.73. The van der Waals surface area contributed by atoms with Crippen molar-refractivity contribution in [3.05, 3.63) is 52.8 Å². The third-order valence-corrected chi connectivity index (χ3v) is 3.50. The van der Waals surface area contributed by atoms with Crippen molar-refractivity contribution in [1.82, 2.24) is 5.32 Å². The van der Waals surface area contributed by atoms with Gasteiger partial charge in [-0.3, -0.25) is 0 Å². The Balaban J connectivity index is 2.34. The van der Waals surface area contributed by atoms with E-state index in [4.69, 9.17) is 16.3 Å². The molecule has 4 heteroatoms. The van der Waals surface area contributed by atoms with E-state index >= 15 is 0 Å². The quantitative estimate of drug-likeness (QED) is 0.784. The standard InChI is InChI=1S/C17H19ClFNO/c1-3-8-20-11-13-9-12(4-7-17(13)21-2)15-6-5-14(18)10-16(15)19/h4-7,9-10,20H,3,8,11H2,1-2H3. The van der Waals surface area contributed by atoms with Crippen molar-refractivity contribution in [2.75, 3.05) is 13.7 Å². The summed E-state index contributed by atoms with van der Waals surface area (Å²) in [6.45, 7) is 3.74. The van der Waals surface area contributed by atoms with Crippen LogP contribution in [0, 0.1) is 5.82 Å². The Morgan fingerprint density at radius 2 is 2.00 bits per heavy atom. The highest BCUT2D eigenvalue weighted by molar-refractivity contribution is 6.30. The van der Waals surface area contributed by atoms with Gasteiger partial charge in [0.1, 0.15) is 11.6 Å². The van der Waals surface area contributed by atoms with E-state index in [1.165, 1.54) is 6.07 Å². The maximum absolute atomic E-state index is 14.0. The molecule has 21 heavy (non-hydrogen) atoms. The molecule has 0 aromatic heterocycles. The van der Waals surface area contributed by atoms with Crippen LogP contribution in [0.2, 0.25) is 5.02 Å². The number of benzene rings is 2. The van der Waals surface area contributed by atoms with Crippen LogP contribution in [0.3, 0.4) is 0 Å². The molecule has 0 aliphatic carbocycles. The second-order valence-corrected chi connectivity index (χ2v) is 5.26. The van der Waals surface area contributed by atoms with E-state index in [1.807, 2.05) is 18.2 Å². The van der Waals surface area contributed by atoms with Gasteiger partial charge in [0.05, 0.1) is 7.11 Å². The Bertz CT molecular complexity index is 616. The predicted molar refractivity (Wildman–Crippen MR) is 85.4 cm³/mol. The number of halogens is 2. The lowest BCUT2D eigenvalue weighted by atomic mass is 10.0. The van der Waals surface area contributed by atoms with Crippen molar-refractivity contribution < 1.29 is 9.13 Å². The first-order chi connectivity index (χ1) is 10.2. The second kappa shape index (κ2) is 7.43. The minimum absolute atomic E-state index is 0.319. The van der Waals surface area contributed by atoms with Crippen LogP contribution in [0.4, 0.5) is 4.39 Å². The summed E-state index contributed by atoms with van der Waals surface area (Å²) >= 11 is 5.80. The van der Waals surface area contributed by atoms with Crippen LogP contribution in [0.5, 0.6) is 5.75 Å². The van der Waals surface area contributed by atoms with Crippen molar-refractivity contribution in [2.24, 2.45) is 0 Å². The molecule has 0 radical (unpaired) electrons. The van der Waals surface area contributed by atoms with E-state index < -0.39 is 0 Å². The molecule has 0 spiro atoms. The van der Waals surface area contributed by atoms with Gasteiger partial charge in [-0.15, -0.1) is 0 Å². The zero-order valence-electron chi connectivity index (χ0n) is 12.2. The Labute approximate surface area is 129 Å². The van der Waals surface area contributed by atoms with Crippen LogP contribution in [0.1, 0.15) is 18.9 Å². The predicted octanol–water partition coefficient (Wildman–Crippen LogP) is 4.65. The van der Waals surface area contributed by atoms with Gasteiger partial charge < -0.3 is 10.1 Å². The van der Waals surface area contributed by atoms with Gasteiger partial charge in [0.25, 0.3) is 0 Å². The minimum atomic E-state index is -0.319. The van der Waals surface area contributed by atoms with Gasteiger partial charge in [-0.2, -0.15) is 0 Å². The van der Waals surface area contributed by atoms with Crippen molar-refractivity contribution in [3.63, 3.8) is 0 Å². The Kier molecular flexibility index (Phi) is 5.59. The number of nitrogens with one attached hydrogen (secondary N) is 1. The molecule has 0 aliphatic rings. The fourth-order valence-electron chi connectivity index (χ4n) is 2.21. The zero-order chi connectivity index (χ0) is 15.2. The molecule has 0 amide bonds. The molecular weight excluding hydrogens is 289 g/mol. The van der Waals surface area contributed by atoms with Gasteiger partial charge in [0.2, 0.25) is 0 Å². The highest BCUT2D eigenvalue weighted by Crippen LogP contribution is 2.29. The van der Waals surface area contributed by atoms with E-state index in [-0.39, 0.29) is 5.82 Å². The average Bonchev–Trinajstić information content (AvgIpc) is 2.47. The van der Waals surface area contributed by atoms with E-state index in [9.17, 15) is 4.39 Å². The molecule has 0 saturated carbocycles. The summed E-state index contributed by atoms with van der Waals surface area (Å²) < 4.78 is 19.4. The largest absolute Gasteiger partial charge is 0.496 e. The molecule has 2 aromatic rings. The van der Waals surface area contributed by atoms with E-state index in [2.05, 4.69) is 12.2 Å². The van der Waals surface area contributed by atoms with Crippen LogP contribution >= 0.6 is 11.6 Å². The van der Waals surface area contributed by atoms with Crippen LogP contribution in [-0.4, -0.2) is 13.7 Å². The van der Waals surface area contributed by atoms with Gasteiger partial charge in [-0.1, -0.05) is 24.6 Å². The van der Waals surface area contributed by atoms with Crippen molar-refractivity contribution in [1.29, 1.82) is 0 Å². The van der Waals surface area contributed by atoms with Gasteiger partial charge >= 0.3 is 0 Å². The maximum Gasteiger partial charge on any atom is 0.132 e. The van der Waals surface area contributed by atoms with E-state index in [0.717, 1.165) is 29.8 Å².